The second kappa shape index (κ2) is 29.7. The molecule has 59 heavy (non-hydrogen) atoms. The molecule has 0 radical (unpaired) electrons. The molecule has 2 N–H and O–H groups in total. The van der Waals surface area contributed by atoms with Gasteiger partial charge < -0.3 is 0 Å². The minimum Gasteiger partial charge on any atom is -0.274 e. The summed E-state index contributed by atoms with van der Waals surface area (Å²) in [5.74, 6) is 0.464. The van der Waals surface area contributed by atoms with E-state index in [-0.39, 0.29) is 23.6 Å². The van der Waals surface area contributed by atoms with Crippen molar-refractivity contribution in [2.24, 2.45) is 11.8 Å². The number of fused-ring (bicyclic) bond motifs is 2. The molecule has 2 aromatic rings. The minimum atomic E-state index is -4.67. The first-order valence-electron chi connectivity index (χ1n) is 22.2. The Morgan fingerprint density at radius 1 is 0.508 bits per heavy atom. The number of nitrogens with zero attached hydrogens (tertiary/aromatic N) is 2. The lowest BCUT2D eigenvalue weighted by molar-refractivity contribution is 0.0606. The van der Waals surface area contributed by atoms with Gasteiger partial charge in [-0.15, -0.1) is 11.3 Å². The van der Waals surface area contributed by atoms with Crippen molar-refractivity contribution in [2.75, 3.05) is 13.1 Å². The Balaban J connectivity index is 0.000000366. The van der Waals surface area contributed by atoms with E-state index in [1.54, 1.807) is 0 Å². The number of hydrogen-bond donors (Lipinski definition) is 2. The number of thiophene rings is 2. The molecule has 15 heteroatoms. The highest BCUT2D eigenvalue weighted by atomic mass is 79.9. The van der Waals surface area contributed by atoms with Gasteiger partial charge in [0.05, 0.1) is 29.8 Å². The van der Waals surface area contributed by atoms with E-state index in [2.05, 4.69) is 59.6 Å². The van der Waals surface area contributed by atoms with Crippen LogP contribution in [0.5, 0.6) is 0 Å². The van der Waals surface area contributed by atoms with Crippen molar-refractivity contribution in [1.29, 1.82) is 0 Å². The highest BCUT2D eigenvalue weighted by Crippen LogP contribution is 2.42. The molecule has 0 spiro atoms. The average Bonchev–Trinajstić information content (AvgIpc) is 3.91. The summed E-state index contributed by atoms with van der Waals surface area (Å²) in [7, 11) is -4.67. The molecule has 2 aromatic heterocycles. The van der Waals surface area contributed by atoms with E-state index >= 15 is 0 Å². The van der Waals surface area contributed by atoms with Crippen LogP contribution < -0.4 is 0 Å². The Hall–Kier alpha value is -1.49. The summed E-state index contributed by atoms with van der Waals surface area (Å²) >= 11 is 9.75. The molecular formula is C44H70Br2N2O8S3. The first-order valence-corrected chi connectivity index (χ1v) is 26.9. The number of carbonyl (C=O) groups excluding carboxylic acids is 4. The number of unbranched alkanes of at least 4 members (excludes halogenated alkanes) is 16. The Morgan fingerprint density at radius 3 is 1.10 bits per heavy atom. The zero-order valence-electron chi connectivity index (χ0n) is 35.9. The van der Waals surface area contributed by atoms with Gasteiger partial charge in [0.15, 0.2) is 0 Å². The van der Waals surface area contributed by atoms with Crippen molar-refractivity contribution < 1.29 is 36.7 Å². The van der Waals surface area contributed by atoms with E-state index in [1.807, 2.05) is 10.8 Å². The number of rotatable bonds is 28. The third-order valence-corrected chi connectivity index (χ3v) is 14.4. The van der Waals surface area contributed by atoms with Gasteiger partial charge in [0, 0.05) is 23.8 Å². The maximum Gasteiger partial charge on any atom is 0.394 e. The fraction of sp³-hybridized carbons (Fsp3) is 0.727. The molecule has 0 bridgehead atoms. The van der Waals surface area contributed by atoms with E-state index < -0.39 is 10.4 Å². The van der Waals surface area contributed by atoms with Gasteiger partial charge in [0.2, 0.25) is 0 Å². The number of hydrogen-bond acceptors (Lipinski definition) is 8. The third-order valence-electron chi connectivity index (χ3n) is 11.1. The van der Waals surface area contributed by atoms with Crippen LogP contribution in [0.1, 0.15) is 223 Å². The summed E-state index contributed by atoms with van der Waals surface area (Å²) in [6, 6.07) is 0. The fourth-order valence-corrected chi connectivity index (χ4v) is 11.7. The molecule has 0 saturated carbocycles. The van der Waals surface area contributed by atoms with Crippen LogP contribution in [0.15, 0.2) is 18.3 Å². The standard InChI is InChI=1S/C22H33Br2NO2S.C22H35NO2S.H2O4S/c1-3-5-7-9-10-12-14-16(13-11-8-6-4-2)15-25-21(26)17-18(22(25)27)20(24)28-19(17)23;1-3-5-7-9-10-12-14-18(13-11-8-6-4-2)15-23-21(24)19-16-26-17-20(19)22(23)25;1-5(2,3)4/h16H,3-15H2,1-2H3;16-18H,3-15H2,1-2H3;(H2,1,2,3,4). The summed E-state index contributed by atoms with van der Waals surface area (Å²) in [4.78, 5) is 53.8. The predicted octanol–water partition coefficient (Wildman–Crippen LogP) is 14.2. The first kappa shape index (κ1) is 53.6. The molecule has 4 rings (SSSR count). The fourth-order valence-electron chi connectivity index (χ4n) is 7.78. The molecule has 0 fully saturated rings. The minimum absolute atomic E-state index is 0.0762. The summed E-state index contributed by atoms with van der Waals surface area (Å²) in [6.07, 6.45) is 29.9. The van der Waals surface area contributed by atoms with Crippen molar-refractivity contribution in [3.63, 3.8) is 0 Å². The maximum absolute atomic E-state index is 12.9. The van der Waals surface area contributed by atoms with Gasteiger partial charge in [-0.05, 0) is 69.4 Å². The van der Waals surface area contributed by atoms with Gasteiger partial charge in [0.25, 0.3) is 23.6 Å². The molecule has 2 aliphatic heterocycles. The smallest absolute Gasteiger partial charge is 0.274 e. The second-order valence-electron chi connectivity index (χ2n) is 16.0. The highest BCUT2D eigenvalue weighted by molar-refractivity contribution is 9.12. The van der Waals surface area contributed by atoms with Crippen LogP contribution >= 0.6 is 54.5 Å². The normalized spacial score (nSPS) is 14.6. The van der Waals surface area contributed by atoms with E-state index in [4.69, 9.17) is 17.5 Å². The third kappa shape index (κ3) is 19.6. The summed E-state index contributed by atoms with van der Waals surface area (Å²) < 4.78 is 33.1. The van der Waals surface area contributed by atoms with Crippen LogP contribution in [0.4, 0.5) is 0 Å². The van der Waals surface area contributed by atoms with Gasteiger partial charge in [-0.1, -0.05) is 156 Å². The number of carbonyl (C=O) groups is 4. The predicted molar refractivity (Wildman–Crippen MR) is 249 cm³/mol. The van der Waals surface area contributed by atoms with Crippen LogP contribution in [-0.4, -0.2) is 64.0 Å². The molecule has 2 unspecified atom stereocenters. The Labute approximate surface area is 379 Å². The second-order valence-corrected chi connectivity index (χ2v) is 21.3. The summed E-state index contributed by atoms with van der Waals surface area (Å²) in [5.41, 5.74) is 2.32. The van der Waals surface area contributed by atoms with Crippen LogP contribution in [0.3, 0.4) is 0 Å². The Bertz CT molecular complexity index is 1600. The van der Waals surface area contributed by atoms with Crippen molar-refractivity contribution in [3.05, 3.63) is 40.6 Å². The zero-order valence-corrected chi connectivity index (χ0v) is 41.5. The van der Waals surface area contributed by atoms with E-state index in [0.717, 1.165) is 33.3 Å². The SMILES string of the molecule is CCCCCCCCC(CCCCCC)CN1C(=O)c2c(Br)sc(Br)c2C1=O.CCCCCCCCC(CCCCCC)CN1C(=O)c2cscc2C1=O.O=S(=O)(O)O. The van der Waals surface area contributed by atoms with Crippen LogP contribution in [-0.2, 0) is 10.4 Å². The molecule has 0 aliphatic carbocycles. The van der Waals surface area contributed by atoms with Crippen LogP contribution in [0.25, 0.3) is 0 Å². The van der Waals surface area contributed by atoms with Gasteiger partial charge in [-0.3, -0.25) is 38.1 Å². The Morgan fingerprint density at radius 2 is 0.780 bits per heavy atom. The maximum atomic E-state index is 12.9. The zero-order chi connectivity index (χ0) is 43.8. The monoisotopic (exact) mass is 1010 g/mol. The molecule has 4 amide bonds. The van der Waals surface area contributed by atoms with Gasteiger partial charge >= 0.3 is 10.4 Å². The lowest BCUT2D eigenvalue weighted by Gasteiger charge is -2.23. The quantitative estimate of drug-likeness (QED) is 0.0486. The average molecular weight is 1010 g/mol. The van der Waals surface area contributed by atoms with Crippen molar-refractivity contribution in [3.8, 4) is 0 Å². The van der Waals surface area contributed by atoms with Crippen molar-refractivity contribution in [1.82, 2.24) is 9.80 Å². The van der Waals surface area contributed by atoms with Crippen LogP contribution in [0, 0.1) is 11.8 Å². The summed E-state index contributed by atoms with van der Waals surface area (Å²) in [5, 5.41) is 3.64. The Kier molecular flexibility index (Phi) is 27.0. The van der Waals surface area contributed by atoms with E-state index in [1.165, 1.54) is 161 Å². The largest absolute Gasteiger partial charge is 0.394 e. The molecule has 10 nitrogen and oxygen atoms in total. The molecule has 0 saturated heterocycles. The number of imide groups is 2. The van der Waals surface area contributed by atoms with E-state index in [9.17, 15) is 19.2 Å². The topological polar surface area (TPSA) is 149 Å². The van der Waals surface area contributed by atoms with Gasteiger partial charge in [-0.2, -0.15) is 19.8 Å². The molecule has 2 atom stereocenters. The van der Waals surface area contributed by atoms with Crippen molar-refractivity contribution >= 4 is 88.6 Å². The molecule has 4 heterocycles. The van der Waals surface area contributed by atoms with Crippen LogP contribution in [0.2, 0.25) is 0 Å². The highest BCUT2D eigenvalue weighted by Gasteiger charge is 2.41. The molecular weight excluding hydrogens is 940 g/mol. The van der Waals surface area contributed by atoms with Crippen molar-refractivity contribution in [2.45, 2.75) is 182 Å². The number of amides is 4. The molecule has 0 aromatic carbocycles. The first-order chi connectivity index (χ1) is 28.2. The van der Waals surface area contributed by atoms with Gasteiger partial charge in [0.1, 0.15) is 0 Å². The molecule has 2 aliphatic rings. The van der Waals surface area contributed by atoms with E-state index in [0.29, 0.717) is 47.2 Å². The van der Waals surface area contributed by atoms with Gasteiger partial charge in [-0.25, -0.2) is 0 Å². The molecule has 336 valence electrons. The summed E-state index contributed by atoms with van der Waals surface area (Å²) in [6.45, 7) is 10.1. The number of halogens is 2. The lowest BCUT2D eigenvalue weighted by atomic mass is 9.93. The lowest BCUT2D eigenvalue weighted by Crippen LogP contribution is -2.35.